The van der Waals surface area contributed by atoms with Crippen LogP contribution in [0.3, 0.4) is 0 Å². The summed E-state index contributed by atoms with van der Waals surface area (Å²) in [6, 6.07) is 13.7. The SMILES string of the molecule is Cn1c(SCC(=O)c2cn(CCC#N)c3ccccc23)nnc1-c1cccnc1. The van der Waals surface area contributed by atoms with Crippen LogP contribution in [0.4, 0.5) is 0 Å². The Balaban J connectivity index is 1.54. The van der Waals surface area contributed by atoms with Gasteiger partial charge in [0, 0.05) is 54.2 Å². The third-order valence-electron chi connectivity index (χ3n) is 4.64. The second-order valence-electron chi connectivity index (χ2n) is 6.48. The lowest BCUT2D eigenvalue weighted by Gasteiger charge is -2.03. The van der Waals surface area contributed by atoms with Crippen LogP contribution < -0.4 is 0 Å². The van der Waals surface area contributed by atoms with Crippen molar-refractivity contribution in [1.29, 1.82) is 5.26 Å². The quantitative estimate of drug-likeness (QED) is 0.346. The lowest BCUT2D eigenvalue weighted by molar-refractivity contribution is 0.102. The van der Waals surface area contributed by atoms with Crippen LogP contribution in [0, 0.1) is 11.3 Å². The number of nitriles is 1. The minimum absolute atomic E-state index is 0.0211. The molecule has 0 saturated carbocycles. The largest absolute Gasteiger partial charge is 0.346 e. The zero-order valence-corrected chi connectivity index (χ0v) is 16.6. The van der Waals surface area contributed by atoms with Crippen molar-refractivity contribution in [3.63, 3.8) is 0 Å². The Kier molecular flexibility index (Phi) is 5.40. The molecule has 0 amide bonds. The normalized spacial score (nSPS) is 10.9. The Morgan fingerprint density at radius 2 is 2.07 bits per heavy atom. The molecule has 0 atom stereocenters. The van der Waals surface area contributed by atoms with E-state index in [1.54, 1.807) is 12.4 Å². The van der Waals surface area contributed by atoms with Gasteiger partial charge in [-0.05, 0) is 18.2 Å². The number of carbonyl (C=O) groups excluding carboxylic acids is 1. The Morgan fingerprint density at radius 3 is 2.86 bits per heavy atom. The van der Waals surface area contributed by atoms with Crippen LogP contribution in [0.25, 0.3) is 22.3 Å². The molecule has 144 valence electrons. The molecule has 1 aromatic carbocycles. The van der Waals surface area contributed by atoms with E-state index in [2.05, 4.69) is 21.3 Å². The molecule has 0 fully saturated rings. The molecule has 0 N–H and O–H groups in total. The number of aryl methyl sites for hydroxylation is 1. The van der Waals surface area contributed by atoms with E-state index >= 15 is 0 Å². The van der Waals surface area contributed by atoms with Gasteiger partial charge in [-0.25, -0.2) is 0 Å². The number of hydrogen-bond acceptors (Lipinski definition) is 6. The number of rotatable bonds is 7. The van der Waals surface area contributed by atoms with Gasteiger partial charge >= 0.3 is 0 Å². The predicted octanol–water partition coefficient (Wildman–Crippen LogP) is 3.72. The molecular formula is C21H18N6OS. The van der Waals surface area contributed by atoms with E-state index in [1.807, 2.05) is 58.8 Å². The van der Waals surface area contributed by atoms with Crippen LogP contribution >= 0.6 is 11.8 Å². The number of aromatic nitrogens is 5. The van der Waals surface area contributed by atoms with Gasteiger partial charge in [-0.15, -0.1) is 10.2 Å². The van der Waals surface area contributed by atoms with Crippen LogP contribution in [0.2, 0.25) is 0 Å². The molecule has 0 aliphatic rings. The number of nitrogens with zero attached hydrogens (tertiary/aromatic N) is 6. The molecule has 3 aromatic heterocycles. The van der Waals surface area contributed by atoms with Gasteiger partial charge in [0.05, 0.1) is 18.2 Å². The first kappa shape index (κ1) is 18.9. The zero-order chi connectivity index (χ0) is 20.2. The summed E-state index contributed by atoms with van der Waals surface area (Å²) in [6.07, 6.45) is 5.70. The Bertz CT molecular complexity index is 1210. The zero-order valence-electron chi connectivity index (χ0n) is 15.8. The maximum atomic E-state index is 12.9. The summed E-state index contributed by atoms with van der Waals surface area (Å²) in [5, 5.41) is 18.9. The van der Waals surface area contributed by atoms with Crippen molar-refractivity contribution < 1.29 is 4.79 Å². The van der Waals surface area contributed by atoms with Crippen LogP contribution in [0.1, 0.15) is 16.8 Å². The van der Waals surface area contributed by atoms with Gasteiger partial charge < -0.3 is 9.13 Å². The Morgan fingerprint density at radius 1 is 1.21 bits per heavy atom. The molecule has 0 aliphatic heterocycles. The van der Waals surface area contributed by atoms with Crippen LogP contribution in [0.5, 0.6) is 0 Å². The Labute approximate surface area is 172 Å². The van der Waals surface area contributed by atoms with E-state index in [-0.39, 0.29) is 11.5 Å². The van der Waals surface area contributed by atoms with Crippen molar-refractivity contribution in [2.24, 2.45) is 7.05 Å². The first-order chi connectivity index (χ1) is 14.2. The van der Waals surface area contributed by atoms with Gasteiger partial charge in [0.25, 0.3) is 0 Å². The molecule has 0 aliphatic carbocycles. The third kappa shape index (κ3) is 3.77. The number of benzene rings is 1. The topological polar surface area (TPSA) is 89.4 Å². The summed E-state index contributed by atoms with van der Waals surface area (Å²) in [7, 11) is 1.88. The average molecular weight is 402 g/mol. The first-order valence-electron chi connectivity index (χ1n) is 9.09. The number of para-hydroxylation sites is 1. The molecule has 3 heterocycles. The fourth-order valence-corrected chi connectivity index (χ4v) is 4.01. The molecule has 0 spiro atoms. The van der Waals surface area contributed by atoms with Crippen LogP contribution in [-0.2, 0) is 13.6 Å². The van der Waals surface area contributed by atoms with Crippen molar-refractivity contribution >= 4 is 28.4 Å². The molecule has 0 radical (unpaired) electrons. The van der Waals surface area contributed by atoms with E-state index in [9.17, 15) is 4.79 Å². The van der Waals surface area contributed by atoms with Crippen molar-refractivity contribution in [3.05, 3.63) is 60.6 Å². The first-order valence-corrected chi connectivity index (χ1v) is 10.1. The molecule has 4 aromatic rings. The summed E-state index contributed by atoms with van der Waals surface area (Å²) in [4.78, 5) is 17.1. The van der Waals surface area contributed by atoms with Crippen molar-refractivity contribution in [2.75, 3.05) is 5.75 Å². The third-order valence-corrected chi connectivity index (χ3v) is 5.66. The number of ketones is 1. The standard InChI is InChI=1S/C21H18N6OS/c1-26-20(15-6-4-10-23-12-15)24-25-21(26)29-14-19(28)17-13-27(11-5-9-22)18-8-3-2-7-16(17)18/h2-4,6-8,10,12-13H,5,11,14H2,1H3. The maximum Gasteiger partial charge on any atom is 0.191 e. The molecule has 8 heteroatoms. The number of fused-ring (bicyclic) bond motifs is 1. The fraction of sp³-hybridized carbons (Fsp3) is 0.190. The molecular weight excluding hydrogens is 384 g/mol. The van der Waals surface area contributed by atoms with E-state index in [4.69, 9.17) is 5.26 Å². The number of hydrogen-bond donors (Lipinski definition) is 0. The maximum absolute atomic E-state index is 12.9. The minimum atomic E-state index is 0.0211. The number of Topliss-reactive ketones (excluding diaryl/α,β-unsaturated/α-hetero) is 1. The number of thioether (sulfide) groups is 1. The summed E-state index contributed by atoms with van der Waals surface area (Å²) in [6.45, 7) is 0.565. The number of pyridine rings is 1. The average Bonchev–Trinajstić information content (AvgIpc) is 3.32. The summed E-state index contributed by atoms with van der Waals surface area (Å²) in [5.41, 5.74) is 2.51. The van der Waals surface area contributed by atoms with E-state index < -0.39 is 0 Å². The fourth-order valence-electron chi connectivity index (χ4n) is 3.22. The molecule has 0 saturated heterocycles. The highest BCUT2D eigenvalue weighted by molar-refractivity contribution is 7.99. The number of carbonyl (C=O) groups is 1. The van der Waals surface area contributed by atoms with Gasteiger partial charge in [-0.2, -0.15) is 5.26 Å². The lowest BCUT2D eigenvalue weighted by Crippen LogP contribution is -2.04. The summed E-state index contributed by atoms with van der Waals surface area (Å²) < 4.78 is 3.84. The van der Waals surface area contributed by atoms with E-state index in [1.165, 1.54) is 11.8 Å². The van der Waals surface area contributed by atoms with Crippen molar-refractivity contribution in [1.82, 2.24) is 24.3 Å². The summed E-state index contributed by atoms with van der Waals surface area (Å²) in [5.74, 6) is 0.986. The van der Waals surface area contributed by atoms with Gasteiger partial charge in [0.2, 0.25) is 0 Å². The molecule has 29 heavy (non-hydrogen) atoms. The minimum Gasteiger partial charge on any atom is -0.346 e. The molecule has 0 unspecified atom stereocenters. The molecule has 4 rings (SSSR count). The van der Waals surface area contributed by atoms with Gasteiger partial charge in [0.15, 0.2) is 16.8 Å². The molecule has 0 bridgehead atoms. The van der Waals surface area contributed by atoms with Gasteiger partial charge in [0.1, 0.15) is 0 Å². The summed E-state index contributed by atoms with van der Waals surface area (Å²) >= 11 is 1.36. The second-order valence-corrected chi connectivity index (χ2v) is 7.42. The highest BCUT2D eigenvalue weighted by Crippen LogP contribution is 2.26. The smallest absolute Gasteiger partial charge is 0.191 e. The van der Waals surface area contributed by atoms with Crippen LogP contribution in [0.15, 0.2) is 60.1 Å². The highest BCUT2D eigenvalue weighted by Gasteiger charge is 2.17. The predicted molar refractivity (Wildman–Crippen MR) is 111 cm³/mol. The van der Waals surface area contributed by atoms with Crippen molar-refractivity contribution in [2.45, 2.75) is 18.1 Å². The Hall–Kier alpha value is -3.44. The monoisotopic (exact) mass is 402 g/mol. The van der Waals surface area contributed by atoms with Gasteiger partial charge in [-0.1, -0.05) is 30.0 Å². The van der Waals surface area contributed by atoms with E-state index in [0.717, 1.165) is 16.5 Å². The van der Waals surface area contributed by atoms with Crippen molar-refractivity contribution in [3.8, 4) is 17.5 Å². The second kappa shape index (κ2) is 8.29. The lowest BCUT2D eigenvalue weighted by atomic mass is 10.1. The highest BCUT2D eigenvalue weighted by atomic mass is 32.2. The molecule has 7 nitrogen and oxygen atoms in total. The van der Waals surface area contributed by atoms with Gasteiger partial charge in [-0.3, -0.25) is 9.78 Å². The van der Waals surface area contributed by atoms with Crippen LogP contribution in [-0.4, -0.2) is 35.9 Å². The van der Waals surface area contributed by atoms with E-state index in [0.29, 0.717) is 29.5 Å².